The van der Waals surface area contributed by atoms with E-state index in [1.807, 2.05) is 13.8 Å². The smallest absolute Gasteiger partial charge is 0.210 e. The number of hydrazine groups is 1. The Morgan fingerprint density at radius 2 is 2.26 bits per heavy atom. The maximum absolute atomic E-state index is 13.5. The summed E-state index contributed by atoms with van der Waals surface area (Å²) in [6.07, 6.45) is 0.789. The molecule has 0 amide bonds. The van der Waals surface area contributed by atoms with Crippen LogP contribution in [0.5, 0.6) is 0 Å². The molecule has 0 fully saturated rings. The second kappa shape index (κ2) is 8.44. The number of nitrogens with zero attached hydrogens (tertiary/aromatic N) is 1. The first-order valence-electron chi connectivity index (χ1n) is 6.29. The number of hydrogen-bond acceptors (Lipinski definition) is 3. The molecule has 0 atom stereocenters. The van der Waals surface area contributed by atoms with E-state index in [1.54, 1.807) is 12.1 Å². The molecule has 6 heteroatoms. The van der Waals surface area contributed by atoms with Crippen molar-refractivity contribution in [2.24, 2.45) is 10.8 Å². The first kappa shape index (κ1) is 15.4. The Morgan fingerprint density at radius 1 is 1.47 bits per heavy atom. The highest BCUT2D eigenvalue weighted by atomic mass is 19.1. The molecule has 1 aromatic carbocycles. The summed E-state index contributed by atoms with van der Waals surface area (Å²) in [7, 11) is 0. The van der Waals surface area contributed by atoms with Crippen molar-refractivity contribution in [3.63, 3.8) is 0 Å². The zero-order valence-corrected chi connectivity index (χ0v) is 11.4. The van der Waals surface area contributed by atoms with Gasteiger partial charge in [-0.25, -0.2) is 10.2 Å². The third kappa shape index (κ3) is 5.67. The van der Waals surface area contributed by atoms with Gasteiger partial charge >= 0.3 is 0 Å². The lowest BCUT2D eigenvalue weighted by molar-refractivity contribution is 0.146. The van der Waals surface area contributed by atoms with Crippen molar-refractivity contribution < 1.29 is 9.13 Å². The highest BCUT2D eigenvalue weighted by Crippen LogP contribution is 2.15. The molecule has 0 heterocycles. The molecular formula is C13H21FN4O. The minimum atomic E-state index is -0.345. The highest BCUT2D eigenvalue weighted by Gasteiger charge is 2.04. The number of ether oxygens (including phenoxy) is 1. The molecule has 1 aromatic rings. The minimum absolute atomic E-state index is 0.334. The molecule has 5 nitrogen and oxygen atoms in total. The van der Waals surface area contributed by atoms with Crippen LogP contribution in [0, 0.1) is 12.7 Å². The van der Waals surface area contributed by atoms with Crippen LogP contribution in [-0.4, -0.2) is 25.7 Å². The maximum Gasteiger partial charge on any atom is 0.210 e. The van der Waals surface area contributed by atoms with Gasteiger partial charge in [0.2, 0.25) is 5.96 Å². The lowest BCUT2D eigenvalue weighted by Crippen LogP contribution is -2.36. The first-order valence-corrected chi connectivity index (χ1v) is 6.29. The number of aliphatic imine (C=N–C) groups is 1. The number of rotatable bonds is 6. The molecule has 0 radical (unpaired) electrons. The molecule has 4 N–H and O–H groups in total. The van der Waals surface area contributed by atoms with Crippen LogP contribution in [0.25, 0.3) is 0 Å². The summed E-state index contributed by atoms with van der Waals surface area (Å²) in [5, 5.41) is 2.83. The molecule has 19 heavy (non-hydrogen) atoms. The predicted molar refractivity (Wildman–Crippen MR) is 75.5 cm³/mol. The summed E-state index contributed by atoms with van der Waals surface area (Å²) in [4.78, 5) is 4.20. The summed E-state index contributed by atoms with van der Waals surface area (Å²) in [5.74, 6) is 5.34. The summed E-state index contributed by atoms with van der Waals surface area (Å²) in [5.41, 5.74) is 3.72. The van der Waals surface area contributed by atoms with Crippen molar-refractivity contribution in [2.75, 3.05) is 25.1 Å². The van der Waals surface area contributed by atoms with E-state index in [9.17, 15) is 4.39 Å². The average molecular weight is 268 g/mol. The topological polar surface area (TPSA) is 71.7 Å². The molecule has 106 valence electrons. The third-order valence-electron chi connectivity index (χ3n) is 2.43. The quantitative estimate of drug-likeness (QED) is 0.242. The molecule has 0 bridgehead atoms. The largest absolute Gasteiger partial charge is 0.382 e. The zero-order chi connectivity index (χ0) is 14.1. The summed E-state index contributed by atoms with van der Waals surface area (Å²) in [6.45, 7) is 5.73. The van der Waals surface area contributed by atoms with Crippen LogP contribution in [-0.2, 0) is 4.74 Å². The molecule has 0 aliphatic heterocycles. The van der Waals surface area contributed by atoms with E-state index in [-0.39, 0.29) is 5.82 Å². The van der Waals surface area contributed by atoms with Crippen molar-refractivity contribution in [1.82, 2.24) is 5.43 Å². The van der Waals surface area contributed by atoms with Crippen LogP contribution in [0.4, 0.5) is 10.1 Å². The summed E-state index contributed by atoms with van der Waals surface area (Å²) < 4.78 is 18.7. The Labute approximate surface area is 113 Å². The second-order valence-electron chi connectivity index (χ2n) is 4.03. The second-order valence-corrected chi connectivity index (χ2v) is 4.03. The van der Waals surface area contributed by atoms with E-state index in [4.69, 9.17) is 10.6 Å². The van der Waals surface area contributed by atoms with Crippen LogP contribution >= 0.6 is 0 Å². The van der Waals surface area contributed by atoms with Crippen LogP contribution in [0.2, 0.25) is 0 Å². The van der Waals surface area contributed by atoms with Gasteiger partial charge in [-0.3, -0.25) is 10.4 Å². The van der Waals surface area contributed by atoms with Gasteiger partial charge in [-0.15, -0.1) is 0 Å². The van der Waals surface area contributed by atoms with Crippen molar-refractivity contribution >= 4 is 11.6 Å². The van der Waals surface area contributed by atoms with Crippen LogP contribution < -0.4 is 16.6 Å². The predicted octanol–water partition coefficient (Wildman–Crippen LogP) is 1.79. The van der Waals surface area contributed by atoms with Gasteiger partial charge in [0.1, 0.15) is 5.82 Å². The van der Waals surface area contributed by atoms with E-state index in [0.717, 1.165) is 12.0 Å². The van der Waals surface area contributed by atoms with Gasteiger partial charge in [0, 0.05) is 19.8 Å². The maximum atomic E-state index is 13.5. The summed E-state index contributed by atoms with van der Waals surface area (Å²) in [6, 6.07) is 4.80. The molecule has 0 saturated heterocycles. The van der Waals surface area contributed by atoms with Crippen LogP contribution in [0.15, 0.2) is 23.2 Å². The van der Waals surface area contributed by atoms with E-state index in [0.29, 0.717) is 31.4 Å². The van der Waals surface area contributed by atoms with Crippen molar-refractivity contribution in [3.05, 3.63) is 29.6 Å². The number of halogens is 1. The Balaban J connectivity index is 2.55. The van der Waals surface area contributed by atoms with Gasteiger partial charge in [-0.05, 0) is 38.0 Å². The average Bonchev–Trinajstić information content (AvgIpc) is 2.41. The van der Waals surface area contributed by atoms with Gasteiger partial charge < -0.3 is 10.1 Å². The Bertz CT molecular complexity index is 423. The van der Waals surface area contributed by atoms with Crippen molar-refractivity contribution in [2.45, 2.75) is 20.3 Å². The lowest BCUT2D eigenvalue weighted by Gasteiger charge is -2.10. The van der Waals surface area contributed by atoms with E-state index < -0.39 is 0 Å². The van der Waals surface area contributed by atoms with Crippen molar-refractivity contribution in [3.8, 4) is 0 Å². The standard InChI is InChI=1S/C13H21FN4O/c1-3-19-8-4-7-16-13(18-15)17-12-9-10(2)5-6-11(12)14/h5-6,9H,3-4,7-8,15H2,1-2H3,(H2,16,17,18). The number of guanidine groups is 1. The Kier molecular flexibility index (Phi) is 6.84. The molecule has 0 saturated carbocycles. The van der Waals surface area contributed by atoms with Crippen molar-refractivity contribution in [1.29, 1.82) is 0 Å². The van der Waals surface area contributed by atoms with Gasteiger partial charge in [-0.2, -0.15) is 0 Å². The SMILES string of the molecule is CCOCCCN=C(NN)Nc1cc(C)ccc1F. The number of benzene rings is 1. The van der Waals surface area contributed by atoms with Crippen LogP contribution in [0.1, 0.15) is 18.9 Å². The van der Waals surface area contributed by atoms with Gasteiger partial charge in [0.05, 0.1) is 5.69 Å². The molecule has 1 rings (SSSR count). The fraction of sp³-hybridized carbons (Fsp3) is 0.462. The van der Waals surface area contributed by atoms with Gasteiger partial charge in [0.25, 0.3) is 0 Å². The fourth-order valence-electron chi connectivity index (χ4n) is 1.49. The minimum Gasteiger partial charge on any atom is -0.382 e. The molecular weight excluding hydrogens is 247 g/mol. The third-order valence-corrected chi connectivity index (χ3v) is 2.43. The number of nitrogens with two attached hydrogens (primary N) is 1. The molecule has 0 unspecified atom stereocenters. The molecule has 0 aliphatic rings. The van der Waals surface area contributed by atoms with Crippen LogP contribution in [0.3, 0.4) is 0 Å². The first-order chi connectivity index (χ1) is 9.17. The van der Waals surface area contributed by atoms with Gasteiger partial charge in [-0.1, -0.05) is 6.07 Å². The monoisotopic (exact) mass is 268 g/mol. The van der Waals surface area contributed by atoms with Gasteiger partial charge in [0.15, 0.2) is 0 Å². The van der Waals surface area contributed by atoms with E-state index in [1.165, 1.54) is 6.07 Å². The number of aryl methyl sites for hydroxylation is 1. The number of anilines is 1. The number of hydrogen-bond donors (Lipinski definition) is 3. The Morgan fingerprint density at radius 3 is 2.95 bits per heavy atom. The van der Waals surface area contributed by atoms with E-state index >= 15 is 0 Å². The number of nitrogens with one attached hydrogen (secondary N) is 2. The molecule has 0 spiro atoms. The fourth-order valence-corrected chi connectivity index (χ4v) is 1.49. The molecule has 0 aliphatic carbocycles. The summed E-state index contributed by atoms with van der Waals surface area (Å²) >= 11 is 0. The normalized spacial score (nSPS) is 11.5. The lowest BCUT2D eigenvalue weighted by atomic mass is 10.2. The zero-order valence-electron chi connectivity index (χ0n) is 11.4. The highest BCUT2D eigenvalue weighted by molar-refractivity contribution is 5.93. The van der Waals surface area contributed by atoms with E-state index in [2.05, 4.69) is 15.7 Å². The Hall–Kier alpha value is -1.66. The molecule has 0 aromatic heterocycles.